The van der Waals surface area contributed by atoms with Gasteiger partial charge in [-0.15, -0.1) is 0 Å². The van der Waals surface area contributed by atoms with Crippen molar-refractivity contribution in [3.63, 3.8) is 0 Å². The van der Waals surface area contributed by atoms with Gasteiger partial charge in [0.05, 0.1) is 16.6 Å². The average molecular weight is 435 g/mol. The molecule has 0 aliphatic heterocycles. The fourth-order valence-corrected chi connectivity index (χ4v) is 3.48. The first kappa shape index (κ1) is 21.1. The Morgan fingerprint density at radius 3 is 2.28 bits per heavy atom. The van der Waals surface area contributed by atoms with Crippen LogP contribution in [0, 0.1) is 6.92 Å². The highest BCUT2D eigenvalue weighted by atomic mass is 35.5. The number of halogens is 4. The first-order valence-corrected chi connectivity index (χ1v) is 9.59. The first-order chi connectivity index (χ1) is 13.8. The van der Waals surface area contributed by atoms with Crippen LogP contribution in [0.1, 0.15) is 28.3 Å². The van der Waals surface area contributed by atoms with Gasteiger partial charge in [0.1, 0.15) is 0 Å². The second-order valence-electron chi connectivity index (χ2n) is 6.49. The van der Waals surface area contributed by atoms with Crippen molar-refractivity contribution in [1.29, 1.82) is 0 Å². The molecule has 3 aromatic rings. The van der Waals surface area contributed by atoms with E-state index >= 15 is 0 Å². The number of benzene rings is 3. The van der Waals surface area contributed by atoms with E-state index in [0.717, 1.165) is 22.8 Å². The zero-order valence-corrected chi connectivity index (χ0v) is 17.0. The molecule has 0 amide bonds. The van der Waals surface area contributed by atoms with Gasteiger partial charge in [0.25, 0.3) is 0 Å². The molecule has 29 heavy (non-hydrogen) atoms. The number of aryl methyl sites for hydroxylation is 1. The lowest BCUT2D eigenvalue weighted by molar-refractivity contribution is -0.137. The Hall–Kier alpha value is -2.57. The molecule has 0 saturated carbocycles. The summed E-state index contributed by atoms with van der Waals surface area (Å²) < 4.78 is 39.3. The van der Waals surface area contributed by atoms with Gasteiger partial charge in [0.2, 0.25) is 0 Å². The molecule has 0 heterocycles. The molecule has 1 atom stereocenters. The number of nitrogens with one attached hydrogen (secondary N) is 2. The minimum Gasteiger partial charge on any atom is -0.352 e. The lowest BCUT2D eigenvalue weighted by Gasteiger charge is -2.23. The lowest BCUT2D eigenvalue weighted by atomic mass is 9.95. The van der Waals surface area contributed by atoms with Crippen LogP contribution in [0.25, 0.3) is 0 Å². The highest BCUT2D eigenvalue weighted by molar-refractivity contribution is 7.80. The molecule has 0 spiro atoms. The zero-order valence-electron chi connectivity index (χ0n) is 15.4. The van der Waals surface area contributed by atoms with Crippen LogP contribution in [0.5, 0.6) is 0 Å². The molecule has 0 bridgehead atoms. The summed E-state index contributed by atoms with van der Waals surface area (Å²) in [5, 5.41) is 5.90. The van der Waals surface area contributed by atoms with Crippen molar-refractivity contribution in [2.24, 2.45) is 0 Å². The van der Waals surface area contributed by atoms with E-state index in [9.17, 15) is 13.2 Å². The van der Waals surface area contributed by atoms with E-state index in [-0.39, 0.29) is 21.9 Å². The Labute approximate surface area is 177 Å². The second kappa shape index (κ2) is 8.84. The molecule has 0 saturated heterocycles. The van der Waals surface area contributed by atoms with Gasteiger partial charge >= 0.3 is 6.18 Å². The molecule has 3 rings (SSSR count). The fourth-order valence-electron chi connectivity index (χ4n) is 3.02. The van der Waals surface area contributed by atoms with Gasteiger partial charge in [-0.1, -0.05) is 66.2 Å². The highest BCUT2D eigenvalue weighted by Crippen LogP contribution is 2.36. The SMILES string of the molecule is Cc1ccccc1C(NC(=S)Nc1ccc(Cl)c(C(F)(F)F)c1)c1ccccc1. The van der Waals surface area contributed by atoms with E-state index in [1.807, 2.05) is 61.5 Å². The normalized spacial score (nSPS) is 12.3. The molecule has 150 valence electrons. The lowest BCUT2D eigenvalue weighted by Crippen LogP contribution is -2.33. The maximum Gasteiger partial charge on any atom is 0.417 e. The first-order valence-electron chi connectivity index (χ1n) is 8.80. The van der Waals surface area contributed by atoms with E-state index in [0.29, 0.717) is 0 Å². The molecule has 3 aromatic carbocycles. The third-order valence-corrected chi connectivity index (χ3v) is 4.99. The Morgan fingerprint density at radius 1 is 0.966 bits per heavy atom. The number of thiocarbonyl (C=S) groups is 1. The van der Waals surface area contributed by atoms with Crippen molar-refractivity contribution in [1.82, 2.24) is 5.32 Å². The minimum absolute atomic E-state index is 0.204. The van der Waals surface area contributed by atoms with Crippen molar-refractivity contribution in [3.8, 4) is 0 Å². The van der Waals surface area contributed by atoms with Crippen LogP contribution >= 0.6 is 23.8 Å². The quantitative estimate of drug-likeness (QED) is 0.444. The summed E-state index contributed by atoms with van der Waals surface area (Å²) >= 11 is 11.1. The topological polar surface area (TPSA) is 24.1 Å². The Kier molecular flexibility index (Phi) is 6.45. The van der Waals surface area contributed by atoms with Crippen molar-refractivity contribution >= 4 is 34.6 Å². The van der Waals surface area contributed by atoms with Crippen LogP contribution in [0.15, 0.2) is 72.8 Å². The fraction of sp³-hybridized carbons (Fsp3) is 0.136. The molecule has 7 heteroatoms. The van der Waals surface area contributed by atoms with Crippen LogP contribution in [0.4, 0.5) is 18.9 Å². The van der Waals surface area contributed by atoms with Gasteiger partial charge in [0, 0.05) is 5.69 Å². The van der Waals surface area contributed by atoms with Crippen molar-refractivity contribution < 1.29 is 13.2 Å². The van der Waals surface area contributed by atoms with Gasteiger partial charge in [-0.3, -0.25) is 0 Å². The number of anilines is 1. The van der Waals surface area contributed by atoms with Gasteiger partial charge in [-0.05, 0) is 54.0 Å². The molecule has 0 aliphatic carbocycles. The molecule has 2 nitrogen and oxygen atoms in total. The monoisotopic (exact) mass is 434 g/mol. The Morgan fingerprint density at radius 2 is 1.62 bits per heavy atom. The molecule has 0 radical (unpaired) electrons. The van der Waals surface area contributed by atoms with Gasteiger partial charge < -0.3 is 10.6 Å². The molecule has 0 aromatic heterocycles. The predicted molar refractivity (Wildman–Crippen MR) is 115 cm³/mol. The number of hydrogen-bond donors (Lipinski definition) is 2. The van der Waals surface area contributed by atoms with E-state index in [1.54, 1.807) is 0 Å². The van der Waals surface area contributed by atoms with Crippen molar-refractivity contribution in [2.45, 2.75) is 19.1 Å². The van der Waals surface area contributed by atoms with Gasteiger partial charge in [-0.25, -0.2) is 0 Å². The van der Waals surface area contributed by atoms with Crippen molar-refractivity contribution in [2.75, 3.05) is 5.32 Å². The van der Waals surface area contributed by atoms with Crippen LogP contribution < -0.4 is 10.6 Å². The zero-order chi connectivity index (χ0) is 21.0. The smallest absolute Gasteiger partial charge is 0.352 e. The highest BCUT2D eigenvalue weighted by Gasteiger charge is 2.33. The summed E-state index contributed by atoms with van der Waals surface area (Å²) in [5.41, 5.74) is 2.37. The number of hydrogen-bond acceptors (Lipinski definition) is 1. The predicted octanol–water partition coefficient (Wildman–Crippen LogP) is 6.74. The molecular weight excluding hydrogens is 417 g/mol. The van der Waals surface area contributed by atoms with Crippen LogP contribution in [0.2, 0.25) is 5.02 Å². The van der Waals surface area contributed by atoms with Gasteiger partial charge in [0.15, 0.2) is 5.11 Å². The second-order valence-corrected chi connectivity index (χ2v) is 7.31. The van der Waals surface area contributed by atoms with E-state index < -0.39 is 11.7 Å². The third kappa shape index (κ3) is 5.28. The molecule has 1 unspecified atom stereocenters. The van der Waals surface area contributed by atoms with Crippen LogP contribution in [0.3, 0.4) is 0 Å². The standard InChI is InChI=1S/C22H18ClF3N2S/c1-14-7-5-6-10-17(14)20(15-8-3-2-4-9-15)28-21(29)27-16-11-12-19(23)18(13-16)22(24,25)26/h2-13,20H,1H3,(H2,27,28,29). The average Bonchev–Trinajstić information content (AvgIpc) is 2.68. The van der Waals surface area contributed by atoms with E-state index in [1.165, 1.54) is 12.1 Å². The molecule has 0 fully saturated rings. The summed E-state index contributed by atoms with van der Waals surface area (Å²) in [5.74, 6) is 0. The summed E-state index contributed by atoms with van der Waals surface area (Å²) in [6, 6.07) is 20.9. The van der Waals surface area contributed by atoms with Crippen LogP contribution in [-0.2, 0) is 6.18 Å². The largest absolute Gasteiger partial charge is 0.417 e. The summed E-state index contributed by atoms with van der Waals surface area (Å²) in [6.07, 6.45) is -4.54. The van der Waals surface area contributed by atoms with Crippen molar-refractivity contribution in [3.05, 3.63) is 100 Å². The molecule has 2 N–H and O–H groups in total. The molecule has 0 aliphatic rings. The third-order valence-electron chi connectivity index (χ3n) is 4.44. The number of alkyl halides is 3. The summed E-state index contributed by atoms with van der Waals surface area (Å²) in [7, 11) is 0. The Bertz CT molecular complexity index is 1010. The summed E-state index contributed by atoms with van der Waals surface area (Å²) in [6.45, 7) is 2.00. The Balaban J connectivity index is 1.86. The maximum atomic E-state index is 13.1. The van der Waals surface area contributed by atoms with Crippen LogP contribution in [-0.4, -0.2) is 5.11 Å². The molecular formula is C22H18ClF3N2S. The number of rotatable bonds is 4. The summed E-state index contributed by atoms with van der Waals surface area (Å²) in [4.78, 5) is 0. The van der Waals surface area contributed by atoms with Gasteiger partial charge in [-0.2, -0.15) is 13.2 Å². The minimum atomic E-state index is -4.54. The maximum absolute atomic E-state index is 13.1. The van der Waals surface area contributed by atoms with E-state index in [4.69, 9.17) is 23.8 Å². The van der Waals surface area contributed by atoms with E-state index in [2.05, 4.69) is 10.6 Å².